The maximum Gasteiger partial charge on any atom is 0.134 e. The van der Waals surface area contributed by atoms with Crippen molar-refractivity contribution in [2.45, 2.75) is 31.2 Å². The van der Waals surface area contributed by atoms with E-state index in [4.69, 9.17) is 15.7 Å². The third kappa shape index (κ3) is 2.13. The maximum absolute atomic E-state index is 10.2. The number of phenolic OH excluding ortho intramolecular Hbond substituents is 1. The van der Waals surface area contributed by atoms with Crippen molar-refractivity contribution >= 4 is 11.6 Å². The average molecular weight is 320 g/mol. The van der Waals surface area contributed by atoms with Gasteiger partial charge in [0, 0.05) is 18.5 Å². The highest BCUT2D eigenvalue weighted by Gasteiger charge is 2.36. The molecule has 2 aromatic rings. The summed E-state index contributed by atoms with van der Waals surface area (Å²) in [5, 5.41) is 10.5. The first-order valence-electron chi connectivity index (χ1n) is 9.19. The Morgan fingerprint density at radius 1 is 1.23 bits per heavy atom. The average Bonchev–Trinajstić information content (AvgIpc) is 2.71. The number of phenols is 1. The Hall–Kier alpha value is -1.51. The lowest BCUT2D eigenvalue weighted by atomic mass is 9.74. The van der Waals surface area contributed by atoms with E-state index in [0.29, 0.717) is 5.02 Å². The van der Waals surface area contributed by atoms with E-state index in [1.54, 1.807) is 12.1 Å². The highest BCUT2D eigenvalue weighted by molar-refractivity contribution is 6.32. The van der Waals surface area contributed by atoms with Crippen LogP contribution >= 0.6 is 11.6 Å². The normalized spacial score (nSPS) is 26.0. The summed E-state index contributed by atoms with van der Waals surface area (Å²) in [6, 6.07) is 5.87. The van der Waals surface area contributed by atoms with Crippen molar-refractivity contribution in [3.05, 3.63) is 63.6 Å². The van der Waals surface area contributed by atoms with Gasteiger partial charge in [-0.1, -0.05) is 35.8 Å². The number of hydrogen-bond donors (Lipinski definition) is 1. The van der Waals surface area contributed by atoms with Crippen LogP contribution in [0, 0.1) is 0 Å². The summed E-state index contributed by atoms with van der Waals surface area (Å²) in [6.45, 7) is 0.905. The van der Waals surface area contributed by atoms with Gasteiger partial charge in [-0.05, 0) is 60.7 Å². The lowest BCUT2D eigenvalue weighted by molar-refractivity contribution is 0.214. The number of halogens is 1. The Balaban J connectivity index is 1.99. The van der Waals surface area contributed by atoms with Crippen molar-refractivity contribution in [3.63, 3.8) is 0 Å². The van der Waals surface area contributed by atoms with Crippen LogP contribution in [-0.4, -0.2) is 29.6 Å². The molecular formula is C19H20ClNO. The molecule has 4 rings (SSSR count). The Kier molecular flexibility index (Phi) is 2.67. The van der Waals surface area contributed by atoms with Gasteiger partial charge in [0.2, 0.25) is 0 Å². The summed E-state index contributed by atoms with van der Waals surface area (Å²) in [7, 11) is 2.11. The third-order valence-corrected chi connectivity index (χ3v) is 5.42. The van der Waals surface area contributed by atoms with Gasteiger partial charge in [0.15, 0.2) is 0 Å². The highest BCUT2D eigenvalue weighted by atomic mass is 35.5. The number of nitrogens with zero attached hydrogens (tertiary/aromatic N) is 1. The molecule has 0 bridgehead atoms. The van der Waals surface area contributed by atoms with Crippen molar-refractivity contribution in [1.82, 2.24) is 4.90 Å². The van der Waals surface area contributed by atoms with E-state index >= 15 is 0 Å². The molecule has 0 unspecified atom stereocenters. The van der Waals surface area contributed by atoms with Gasteiger partial charge in [0.1, 0.15) is 5.75 Å². The molecule has 0 fully saturated rings. The summed E-state index contributed by atoms with van der Waals surface area (Å²) in [6.07, 6.45) is 2.51. The third-order valence-electron chi connectivity index (χ3n) is 5.12. The fraction of sp³-hybridized carbons (Fsp3) is 0.368. The van der Waals surface area contributed by atoms with Gasteiger partial charge >= 0.3 is 0 Å². The van der Waals surface area contributed by atoms with Gasteiger partial charge < -0.3 is 10.0 Å². The molecule has 1 heterocycles. The molecule has 0 saturated carbocycles. The monoisotopic (exact) mass is 319 g/mol. The molecule has 0 spiro atoms. The molecule has 0 radical (unpaired) electrons. The predicted octanol–water partition coefficient (Wildman–Crippen LogP) is 3.98. The second-order valence-electron chi connectivity index (χ2n) is 6.29. The molecule has 2 atom stereocenters. The van der Waals surface area contributed by atoms with E-state index in [1.807, 2.05) is 6.07 Å². The van der Waals surface area contributed by atoms with Crippen molar-refractivity contribution in [1.29, 1.82) is 0 Å². The summed E-state index contributed by atoms with van der Waals surface area (Å²) >= 11 is 6.13. The van der Waals surface area contributed by atoms with Crippen molar-refractivity contribution in [3.8, 4) is 5.75 Å². The molecule has 0 amide bonds. The highest BCUT2D eigenvalue weighted by Crippen LogP contribution is 2.44. The van der Waals surface area contributed by atoms with Crippen LogP contribution in [0.15, 0.2) is 36.3 Å². The summed E-state index contributed by atoms with van der Waals surface area (Å²) < 4.78 is 24.3. The Bertz CT molecular complexity index is 870. The number of likely N-dealkylation sites (N-methyl/N-ethyl adjacent to an activating group) is 1. The summed E-state index contributed by atoms with van der Waals surface area (Å²) in [4.78, 5) is 2.33. The SMILES string of the molecule is [3H]c1cc2c(c([3H])c1[3H])CC[C@H]1[C@H]2c2cc(O)c(Cl)cc2CCN1C. The van der Waals surface area contributed by atoms with Crippen LogP contribution in [0.3, 0.4) is 0 Å². The molecule has 2 nitrogen and oxygen atoms in total. The topological polar surface area (TPSA) is 23.5 Å². The largest absolute Gasteiger partial charge is 0.506 e. The fourth-order valence-corrected chi connectivity index (χ4v) is 4.16. The van der Waals surface area contributed by atoms with Gasteiger partial charge in [-0.2, -0.15) is 0 Å². The Morgan fingerprint density at radius 3 is 2.95 bits per heavy atom. The molecule has 3 heteroatoms. The quantitative estimate of drug-likeness (QED) is 0.794. The first-order chi connectivity index (χ1) is 11.9. The smallest absolute Gasteiger partial charge is 0.134 e. The van der Waals surface area contributed by atoms with E-state index in [-0.39, 0.29) is 35.8 Å². The van der Waals surface area contributed by atoms with Crippen LogP contribution in [0.2, 0.25) is 5.02 Å². The van der Waals surface area contributed by atoms with Crippen molar-refractivity contribution in [2.24, 2.45) is 0 Å². The van der Waals surface area contributed by atoms with E-state index < -0.39 is 0 Å². The minimum Gasteiger partial charge on any atom is -0.506 e. The van der Waals surface area contributed by atoms with Gasteiger partial charge in [-0.25, -0.2) is 0 Å². The molecule has 114 valence electrons. The first kappa shape index (κ1) is 11.1. The predicted molar refractivity (Wildman–Crippen MR) is 89.8 cm³/mol. The fourth-order valence-electron chi connectivity index (χ4n) is 3.97. The Morgan fingerprint density at radius 2 is 2.09 bits per heavy atom. The molecule has 22 heavy (non-hydrogen) atoms. The number of rotatable bonds is 0. The minimum absolute atomic E-state index is 0.00152. The van der Waals surface area contributed by atoms with Crippen LogP contribution in [0.4, 0.5) is 0 Å². The molecule has 1 aliphatic heterocycles. The van der Waals surface area contributed by atoms with E-state index in [0.717, 1.165) is 48.1 Å². The number of hydrogen-bond acceptors (Lipinski definition) is 2. The Labute approximate surface area is 140 Å². The standard InChI is InChI=1S/C19H20ClNO/c1-21-9-8-13-10-16(20)18(22)11-15(13)19-14-5-3-2-4-12(14)6-7-17(19)21/h2-5,10-11,17,19,22H,6-9H2,1H3/t17-,19+/m0/s1/i2T,3T,4T. The molecule has 0 aromatic heterocycles. The van der Waals surface area contributed by atoms with Gasteiger partial charge in [-0.15, -0.1) is 0 Å². The van der Waals surface area contributed by atoms with Crippen molar-refractivity contribution in [2.75, 3.05) is 13.6 Å². The van der Waals surface area contributed by atoms with Crippen LogP contribution in [0.5, 0.6) is 5.75 Å². The number of fused-ring (bicyclic) bond motifs is 5. The van der Waals surface area contributed by atoms with Crippen LogP contribution in [0.1, 0.15) is 38.7 Å². The van der Waals surface area contributed by atoms with Gasteiger partial charge in [0.25, 0.3) is 0 Å². The number of aromatic hydroxyl groups is 1. The summed E-state index contributed by atoms with van der Waals surface area (Å²) in [5.41, 5.74) is 3.98. The first-order valence-corrected chi connectivity index (χ1v) is 8.07. The molecular weight excluding hydrogens is 294 g/mol. The van der Waals surface area contributed by atoms with Gasteiger partial charge in [-0.3, -0.25) is 0 Å². The molecule has 1 aliphatic carbocycles. The lowest BCUT2D eigenvalue weighted by Gasteiger charge is -2.38. The maximum atomic E-state index is 10.2. The van der Waals surface area contributed by atoms with Crippen LogP contribution in [-0.2, 0) is 12.8 Å². The zero-order valence-corrected chi connectivity index (χ0v) is 13.2. The zero-order valence-electron chi connectivity index (χ0n) is 15.5. The molecule has 2 aromatic carbocycles. The molecule has 1 N–H and O–H groups in total. The molecule has 2 aliphatic rings. The molecule has 0 saturated heterocycles. The lowest BCUT2D eigenvalue weighted by Crippen LogP contribution is -2.39. The van der Waals surface area contributed by atoms with Crippen molar-refractivity contribution < 1.29 is 9.22 Å². The second kappa shape index (κ2) is 5.29. The summed E-state index contributed by atoms with van der Waals surface area (Å²) in [5.74, 6) is 0.0633. The van der Waals surface area contributed by atoms with Crippen LogP contribution in [0.25, 0.3) is 0 Å². The number of benzene rings is 2. The van der Waals surface area contributed by atoms with E-state index in [9.17, 15) is 5.11 Å². The second-order valence-corrected chi connectivity index (χ2v) is 6.70. The van der Waals surface area contributed by atoms with E-state index in [1.165, 1.54) is 0 Å². The zero-order chi connectivity index (χ0) is 17.9. The van der Waals surface area contributed by atoms with Crippen LogP contribution < -0.4 is 0 Å². The minimum atomic E-state index is -0.0109. The van der Waals surface area contributed by atoms with E-state index in [2.05, 4.69) is 11.9 Å². The van der Waals surface area contributed by atoms with Gasteiger partial charge in [0.05, 0.1) is 9.13 Å².